The Bertz CT molecular complexity index is 481. The normalized spacial score (nSPS) is 19.7. The van der Waals surface area contributed by atoms with Crippen LogP contribution in [0, 0.1) is 5.92 Å². The number of aliphatic carboxylic acids is 1. The quantitative estimate of drug-likeness (QED) is 0.815. The number of nitrogens with one attached hydrogen (secondary N) is 1. The van der Waals surface area contributed by atoms with Gasteiger partial charge in [-0.15, -0.1) is 0 Å². The van der Waals surface area contributed by atoms with E-state index in [1.54, 1.807) is 24.3 Å². The van der Waals surface area contributed by atoms with Gasteiger partial charge in [0.2, 0.25) is 5.91 Å². The minimum absolute atomic E-state index is 0.115. The Morgan fingerprint density at radius 1 is 1.21 bits per heavy atom. The Kier molecular flexibility index (Phi) is 4.34. The Balaban J connectivity index is 2.07. The average Bonchev–Trinajstić information content (AvgIpc) is 2.46. The van der Waals surface area contributed by atoms with E-state index in [4.69, 9.17) is 0 Å². The van der Waals surface area contributed by atoms with Crippen LogP contribution in [0.15, 0.2) is 42.5 Å². The van der Waals surface area contributed by atoms with Crippen molar-refractivity contribution in [3.05, 3.63) is 48.0 Å². The molecule has 1 aliphatic carbocycles. The third kappa shape index (κ3) is 3.44. The summed E-state index contributed by atoms with van der Waals surface area (Å²) < 4.78 is 0. The number of allylic oxidation sites excluding steroid dienone is 2. The molecule has 2 atom stereocenters. The van der Waals surface area contributed by atoms with Gasteiger partial charge < -0.3 is 10.4 Å². The van der Waals surface area contributed by atoms with Crippen molar-refractivity contribution in [3.63, 3.8) is 0 Å². The van der Waals surface area contributed by atoms with Gasteiger partial charge in [0.25, 0.3) is 0 Å². The van der Waals surface area contributed by atoms with Crippen molar-refractivity contribution in [1.82, 2.24) is 5.32 Å². The standard InChI is InChI=1S/C15H17NO3/c17-14(12-9-5-2-6-10-12)16-13(15(18)19)11-7-3-1-4-8-11/h1-5,7-8,12-13H,6,9-10H2,(H,16,17)(H,18,19)/t12?,13-/m1/s1. The smallest absolute Gasteiger partial charge is 0.330 e. The van der Waals surface area contributed by atoms with Crippen molar-refractivity contribution < 1.29 is 14.7 Å². The van der Waals surface area contributed by atoms with Gasteiger partial charge in [-0.05, 0) is 24.8 Å². The first kappa shape index (κ1) is 13.3. The molecule has 0 spiro atoms. The second-order valence-corrected chi connectivity index (χ2v) is 4.67. The largest absolute Gasteiger partial charge is 0.479 e. The van der Waals surface area contributed by atoms with Gasteiger partial charge in [-0.25, -0.2) is 4.79 Å². The van der Waals surface area contributed by atoms with Gasteiger partial charge in [-0.1, -0.05) is 42.5 Å². The third-order valence-corrected chi connectivity index (χ3v) is 3.31. The predicted octanol–water partition coefficient (Wildman–Crippen LogP) is 2.28. The Morgan fingerprint density at radius 3 is 2.53 bits per heavy atom. The van der Waals surface area contributed by atoms with Gasteiger partial charge in [0.15, 0.2) is 6.04 Å². The van der Waals surface area contributed by atoms with Crippen LogP contribution in [-0.4, -0.2) is 17.0 Å². The minimum Gasteiger partial charge on any atom is -0.479 e. The molecule has 0 aliphatic heterocycles. The zero-order valence-corrected chi connectivity index (χ0v) is 10.6. The minimum atomic E-state index is -1.04. The zero-order chi connectivity index (χ0) is 13.7. The molecule has 0 radical (unpaired) electrons. The number of hydrogen-bond acceptors (Lipinski definition) is 2. The lowest BCUT2D eigenvalue weighted by molar-refractivity contribution is -0.142. The first-order valence-electron chi connectivity index (χ1n) is 6.41. The molecule has 100 valence electrons. The van der Waals surface area contributed by atoms with Crippen LogP contribution in [0.5, 0.6) is 0 Å². The lowest BCUT2D eigenvalue weighted by Gasteiger charge is -2.21. The lowest BCUT2D eigenvalue weighted by atomic mass is 9.93. The van der Waals surface area contributed by atoms with Crippen LogP contribution in [-0.2, 0) is 9.59 Å². The molecule has 0 aromatic heterocycles. The maximum absolute atomic E-state index is 12.1. The molecule has 1 aliphatic rings. The zero-order valence-electron chi connectivity index (χ0n) is 10.6. The molecule has 1 aromatic carbocycles. The van der Waals surface area contributed by atoms with Crippen LogP contribution in [0.25, 0.3) is 0 Å². The number of carboxylic acids is 1. The predicted molar refractivity (Wildman–Crippen MR) is 71.4 cm³/mol. The van der Waals surface area contributed by atoms with Gasteiger partial charge in [0.1, 0.15) is 0 Å². The SMILES string of the molecule is O=C(N[C@@H](C(=O)O)c1ccccc1)C1CC=CCC1. The van der Waals surface area contributed by atoms with Gasteiger partial charge in [0, 0.05) is 5.92 Å². The summed E-state index contributed by atoms with van der Waals surface area (Å²) in [6.07, 6.45) is 6.37. The van der Waals surface area contributed by atoms with E-state index in [9.17, 15) is 14.7 Å². The molecule has 4 heteroatoms. The number of benzene rings is 1. The molecule has 0 heterocycles. The number of rotatable bonds is 4. The maximum atomic E-state index is 12.1. The van der Waals surface area contributed by atoms with Crippen LogP contribution >= 0.6 is 0 Å². The van der Waals surface area contributed by atoms with Crippen molar-refractivity contribution in [2.24, 2.45) is 5.92 Å². The molecular weight excluding hydrogens is 242 g/mol. The number of carbonyl (C=O) groups excluding carboxylic acids is 1. The molecule has 2 rings (SSSR count). The summed E-state index contributed by atoms with van der Waals surface area (Å²) in [6.45, 7) is 0. The Morgan fingerprint density at radius 2 is 1.95 bits per heavy atom. The van der Waals surface area contributed by atoms with Crippen LogP contribution in [0.3, 0.4) is 0 Å². The molecule has 0 fully saturated rings. The highest BCUT2D eigenvalue weighted by molar-refractivity contribution is 5.86. The monoisotopic (exact) mass is 259 g/mol. The van der Waals surface area contributed by atoms with E-state index in [0.29, 0.717) is 12.0 Å². The van der Waals surface area contributed by atoms with Crippen molar-refractivity contribution in [2.45, 2.75) is 25.3 Å². The van der Waals surface area contributed by atoms with E-state index >= 15 is 0 Å². The Hall–Kier alpha value is -2.10. The molecule has 0 saturated carbocycles. The lowest BCUT2D eigenvalue weighted by Crippen LogP contribution is -2.38. The molecule has 1 aromatic rings. The summed E-state index contributed by atoms with van der Waals surface area (Å²) in [5, 5.41) is 11.9. The van der Waals surface area contributed by atoms with Crippen molar-refractivity contribution in [2.75, 3.05) is 0 Å². The summed E-state index contributed by atoms with van der Waals surface area (Å²) in [5.41, 5.74) is 0.592. The van der Waals surface area contributed by atoms with E-state index in [1.165, 1.54) is 0 Å². The number of carbonyl (C=O) groups is 2. The molecule has 19 heavy (non-hydrogen) atoms. The molecular formula is C15H17NO3. The van der Waals surface area contributed by atoms with E-state index in [2.05, 4.69) is 11.4 Å². The molecule has 0 saturated heterocycles. The van der Waals surface area contributed by atoms with Crippen molar-refractivity contribution >= 4 is 11.9 Å². The highest BCUT2D eigenvalue weighted by atomic mass is 16.4. The highest BCUT2D eigenvalue weighted by Crippen LogP contribution is 2.20. The van der Waals surface area contributed by atoms with Gasteiger partial charge >= 0.3 is 5.97 Å². The molecule has 1 unspecified atom stereocenters. The fraction of sp³-hybridized carbons (Fsp3) is 0.333. The van der Waals surface area contributed by atoms with Crippen LogP contribution in [0.2, 0.25) is 0 Å². The second-order valence-electron chi connectivity index (χ2n) is 4.67. The summed E-state index contributed by atoms with van der Waals surface area (Å²) in [7, 11) is 0. The highest BCUT2D eigenvalue weighted by Gasteiger charge is 2.26. The maximum Gasteiger partial charge on any atom is 0.330 e. The van der Waals surface area contributed by atoms with Crippen LogP contribution in [0.4, 0.5) is 0 Å². The fourth-order valence-electron chi connectivity index (χ4n) is 2.22. The van der Waals surface area contributed by atoms with Crippen LogP contribution in [0.1, 0.15) is 30.9 Å². The first-order chi connectivity index (χ1) is 9.18. The van der Waals surface area contributed by atoms with E-state index in [-0.39, 0.29) is 11.8 Å². The third-order valence-electron chi connectivity index (χ3n) is 3.31. The number of carboxylic acid groups (broad SMARTS) is 1. The van der Waals surface area contributed by atoms with Crippen molar-refractivity contribution in [1.29, 1.82) is 0 Å². The summed E-state index contributed by atoms with van der Waals surface area (Å²) in [4.78, 5) is 23.4. The molecule has 2 N–H and O–H groups in total. The van der Waals surface area contributed by atoms with E-state index < -0.39 is 12.0 Å². The Labute approximate surface area is 112 Å². The number of hydrogen-bond donors (Lipinski definition) is 2. The molecule has 1 amide bonds. The summed E-state index contributed by atoms with van der Waals surface area (Å²) >= 11 is 0. The summed E-state index contributed by atoms with van der Waals surface area (Å²) in [6, 6.07) is 7.79. The van der Waals surface area contributed by atoms with Crippen LogP contribution < -0.4 is 5.32 Å². The van der Waals surface area contributed by atoms with Gasteiger partial charge in [0.05, 0.1) is 0 Å². The first-order valence-corrected chi connectivity index (χ1v) is 6.41. The molecule has 0 bridgehead atoms. The summed E-state index contributed by atoms with van der Waals surface area (Å²) in [5.74, 6) is -1.33. The topological polar surface area (TPSA) is 66.4 Å². The average molecular weight is 259 g/mol. The number of amides is 1. The van der Waals surface area contributed by atoms with Gasteiger partial charge in [-0.3, -0.25) is 4.79 Å². The van der Waals surface area contributed by atoms with E-state index in [1.807, 2.05) is 12.1 Å². The second kappa shape index (κ2) is 6.18. The van der Waals surface area contributed by atoms with Crippen molar-refractivity contribution in [3.8, 4) is 0 Å². The molecule has 4 nitrogen and oxygen atoms in total. The van der Waals surface area contributed by atoms with E-state index in [0.717, 1.165) is 12.8 Å². The fourth-order valence-corrected chi connectivity index (χ4v) is 2.22. The van der Waals surface area contributed by atoms with Gasteiger partial charge in [-0.2, -0.15) is 0 Å².